The zero-order valence-electron chi connectivity index (χ0n) is 16.5. The maximum absolute atomic E-state index is 13.1. The van der Waals surface area contributed by atoms with Crippen LogP contribution >= 0.6 is 11.5 Å². The minimum atomic E-state index is -0.377. The van der Waals surface area contributed by atoms with E-state index in [1.165, 1.54) is 11.5 Å². The third-order valence-corrected chi connectivity index (χ3v) is 6.30. The number of rotatable bonds is 3. The standard InChI is InChI=1S/C24H16N4O2S/c1-13-5-2-3-6-15(13)21-20-16(23(29)27-21)7-4-8-18(20)26-24(30)22-17-11-14(12-25)9-10-19(17)31-28-22/h2-11,21H,1H3,(H,26,30)(H,27,29). The first-order chi connectivity index (χ1) is 15.1. The fourth-order valence-corrected chi connectivity index (χ4v) is 4.72. The van der Waals surface area contributed by atoms with E-state index < -0.39 is 0 Å². The SMILES string of the molecule is Cc1ccccc1C1NC(=O)c2cccc(NC(=O)c3nsc4ccc(C#N)cc34)c21. The summed E-state index contributed by atoms with van der Waals surface area (Å²) in [5.41, 5.74) is 4.61. The van der Waals surface area contributed by atoms with Gasteiger partial charge in [0.15, 0.2) is 0 Å². The van der Waals surface area contributed by atoms with Gasteiger partial charge in [-0.15, -0.1) is 0 Å². The molecule has 1 unspecified atom stereocenters. The maximum Gasteiger partial charge on any atom is 0.276 e. The molecule has 0 saturated heterocycles. The van der Waals surface area contributed by atoms with E-state index in [4.69, 9.17) is 0 Å². The molecule has 3 aromatic carbocycles. The third kappa shape index (κ3) is 3.14. The van der Waals surface area contributed by atoms with E-state index in [1.54, 1.807) is 36.4 Å². The zero-order chi connectivity index (χ0) is 21.5. The molecule has 150 valence electrons. The summed E-state index contributed by atoms with van der Waals surface area (Å²) in [5, 5.41) is 15.8. The number of amides is 2. The van der Waals surface area contributed by atoms with Crippen molar-refractivity contribution in [1.29, 1.82) is 5.26 Å². The van der Waals surface area contributed by atoms with Crippen LogP contribution in [0.1, 0.15) is 49.1 Å². The fraction of sp³-hybridized carbons (Fsp3) is 0.0833. The smallest absolute Gasteiger partial charge is 0.276 e. The molecule has 0 spiro atoms. The molecular formula is C24H16N4O2S. The van der Waals surface area contributed by atoms with E-state index in [0.29, 0.717) is 22.2 Å². The first kappa shape index (κ1) is 19.0. The number of fused-ring (bicyclic) bond motifs is 2. The summed E-state index contributed by atoms with van der Waals surface area (Å²) in [5.74, 6) is -0.547. The van der Waals surface area contributed by atoms with Crippen molar-refractivity contribution in [2.75, 3.05) is 5.32 Å². The number of aromatic nitrogens is 1. The predicted octanol–water partition coefficient (Wildman–Crippen LogP) is 4.56. The van der Waals surface area contributed by atoms with Crippen molar-refractivity contribution in [2.24, 2.45) is 0 Å². The predicted molar refractivity (Wildman–Crippen MR) is 119 cm³/mol. The van der Waals surface area contributed by atoms with Crippen molar-refractivity contribution >= 4 is 39.1 Å². The molecule has 6 nitrogen and oxygen atoms in total. The molecule has 7 heteroatoms. The lowest BCUT2D eigenvalue weighted by atomic mass is 9.93. The van der Waals surface area contributed by atoms with Crippen LogP contribution in [0.3, 0.4) is 0 Å². The van der Waals surface area contributed by atoms with Gasteiger partial charge in [-0.25, -0.2) is 0 Å². The third-order valence-electron chi connectivity index (χ3n) is 5.48. The summed E-state index contributed by atoms with van der Waals surface area (Å²) >= 11 is 1.21. The quantitative estimate of drug-likeness (QED) is 0.504. The summed E-state index contributed by atoms with van der Waals surface area (Å²) in [6.07, 6.45) is 0. The Labute approximate surface area is 182 Å². The molecule has 1 aliphatic heterocycles. The summed E-state index contributed by atoms with van der Waals surface area (Å²) in [6.45, 7) is 1.99. The van der Waals surface area contributed by atoms with Crippen molar-refractivity contribution in [3.05, 3.63) is 94.2 Å². The highest BCUT2D eigenvalue weighted by molar-refractivity contribution is 7.13. The van der Waals surface area contributed by atoms with Crippen molar-refractivity contribution in [1.82, 2.24) is 9.69 Å². The molecular weight excluding hydrogens is 408 g/mol. The van der Waals surface area contributed by atoms with Crippen LogP contribution in [0.15, 0.2) is 60.7 Å². The molecule has 4 aromatic rings. The lowest BCUT2D eigenvalue weighted by Crippen LogP contribution is -2.21. The summed E-state index contributed by atoms with van der Waals surface area (Å²) in [7, 11) is 0. The molecule has 5 rings (SSSR count). The molecule has 0 bridgehead atoms. The van der Waals surface area contributed by atoms with Crippen molar-refractivity contribution in [3.63, 3.8) is 0 Å². The second-order valence-corrected chi connectivity index (χ2v) is 8.14. The average molecular weight is 424 g/mol. The van der Waals surface area contributed by atoms with Crippen molar-refractivity contribution in [2.45, 2.75) is 13.0 Å². The number of nitrogens with zero attached hydrogens (tertiary/aromatic N) is 2. The van der Waals surface area contributed by atoms with Crippen LogP contribution < -0.4 is 10.6 Å². The van der Waals surface area contributed by atoms with Gasteiger partial charge in [-0.1, -0.05) is 30.3 Å². The van der Waals surface area contributed by atoms with Crippen LogP contribution in [-0.4, -0.2) is 16.2 Å². The molecule has 1 aromatic heterocycles. The maximum atomic E-state index is 13.1. The minimum absolute atomic E-state index is 0.169. The van der Waals surface area contributed by atoms with Gasteiger partial charge in [0.2, 0.25) is 0 Å². The van der Waals surface area contributed by atoms with E-state index in [-0.39, 0.29) is 23.6 Å². The monoisotopic (exact) mass is 424 g/mol. The van der Waals surface area contributed by atoms with Gasteiger partial charge in [0.25, 0.3) is 11.8 Å². The van der Waals surface area contributed by atoms with E-state index in [9.17, 15) is 14.9 Å². The van der Waals surface area contributed by atoms with Crippen LogP contribution in [0.4, 0.5) is 5.69 Å². The molecule has 1 aliphatic rings. The Morgan fingerprint density at radius 1 is 1.16 bits per heavy atom. The normalized spacial score (nSPS) is 14.7. The topological polar surface area (TPSA) is 94.9 Å². The van der Waals surface area contributed by atoms with Gasteiger partial charge in [0.05, 0.1) is 22.4 Å². The van der Waals surface area contributed by atoms with Crippen molar-refractivity contribution in [3.8, 4) is 6.07 Å². The lowest BCUT2D eigenvalue weighted by Gasteiger charge is -2.18. The van der Waals surface area contributed by atoms with E-state index >= 15 is 0 Å². The molecule has 0 fully saturated rings. The molecule has 1 atom stereocenters. The number of hydrogen-bond donors (Lipinski definition) is 2. The molecule has 31 heavy (non-hydrogen) atoms. The molecule has 2 amide bonds. The van der Waals surface area contributed by atoms with Gasteiger partial charge >= 0.3 is 0 Å². The number of nitrogens with one attached hydrogen (secondary N) is 2. The van der Waals surface area contributed by atoms with Crippen LogP contribution in [0.2, 0.25) is 0 Å². The van der Waals surface area contributed by atoms with E-state index in [1.807, 2.05) is 31.2 Å². The highest BCUT2D eigenvalue weighted by Crippen LogP contribution is 2.38. The second kappa shape index (κ2) is 7.35. The van der Waals surface area contributed by atoms with Gasteiger partial charge in [-0.2, -0.15) is 9.64 Å². The Kier molecular flexibility index (Phi) is 4.50. The number of carbonyl (C=O) groups excluding carboxylic acids is 2. The number of anilines is 1. The first-order valence-electron chi connectivity index (χ1n) is 9.67. The van der Waals surface area contributed by atoms with Crippen molar-refractivity contribution < 1.29 is 9.59 Å². The highest BCUT2D eigenvalue weighted by Gasteiger charge is 2.33. The Hall–Kier alpha value is -4.02. The molecule has 2 N–H and O–H groups in total. The summed E-state index contributed by atoms with van der Waals surface area (Å²) in [4.78, 5) is 25.7. The molecule has 2 heterocycles. The Balaban J connectivity index is 1.56. The Bertz CT molecular complexity index is 1420. The minimum Gasteiger partial charge on any atom is -0.341 e. The Morgan fingerprint density at radius 3 is 2.81 bits per heavy atom. The van der Waals surface area contributed by atoms with Crippen LogP contribution in [-0.2, 0) is 0 Å². The number of aryl methyl sites for hydroxylation is 1. The number of carbonyl (C=O) groups is 2. The van der Waals surface area contributed by atoms with Crippen LogP contribution in [0.25, 0.3) is 10.1 Å². The van der Waals surface area contributed by atoms with E-state index in [0.717, 1.165) is 21.4 Å². The zero-order valence-corrected chi connectivity index (χ0v) is 17.3. The lowest BCUT2D eigenvalue weighted by molar-refractivity contribution is 0.0959. The highest BCUT2D eigenvalue weighted by atomic mass is 32.1. The first-order valence-corrected chi connectivity index (χ1v) is 10.4. The van der Waals surface area contributed by atoms with Crippen LogP contribution in [0.5, 0.6) is 0 Å². The Morgan fingerprint density at radius 2 is 2.00 bits per heavy atom. The second-order valence-electron chi connectivity index (χ2n) is 7.34. The van der Waals surface area contributed by atoms with Gasteiger partial charge < -0.3 is 10.6 Å². The van der Waals surface area contributed by atoms with Gasteiger partial charge in [-0.05, 0) is 59.9 Å². The molecule has 0 aliphatic carbocycles. The average Bonchev–Trinajstić information content (AvgIpc) is 3.35. The number of hydrogen-bond acceptors (Lipinski definition) is 5. The van der Waals surface area contributed by atoms with Gasteiger partial charge in [0, 0.05) is 22.2 Å². The summed E-state index contributed by atoms with van der Waals surface area (Å²) < 4.78 is 5.13. The molecule has 0 radical (unpaired) electrons. The van der Waals surface area contributed by atoms with E-state index in [2.05, 4.69) is 21.1 Å². The van der Waals surface area contributed by atoms with Crippen LogP contribution in [0, 0.1) is 18.3 Å². The number of benzene rings is 3. The van der Waals surface area contributed by atoms with Gasteiger partial charge in [-0.3, -0.25) is 9.59 Å². The number of nitriles is 1. The van der Waals surface area contributed by atoms with Gasteiger partial charge in [0.1, 0.15) is 5.69 Å². The largest absolute Gasteiger partial charge is 0.341 e. The molecule has 0 saturated carbocycles. The fourth-order valence-electron chi connectivity index (χ4n) is 3.96. The summed E-state index contributed by atoms with van der Waals surface area (Å²) in [6, 6.07) is 20.1.